The van der Waals surface area contributed by atoms with Crippen LogP contribution in [0.25, 0.3) is 95.6 Å². The molecule has 0 aliphatic rings. The summed E-state index contributed by atoms with van der Waals surface area (Å²) in [5, 5.41) is 21.8. The molecule has 0 amide bonds. The maximum absolute atomic E-state index is 11.0. The fourth-order valence-electron chi connectivity index (χ4n) is 8.18. The second kappa shape index (κ2) is 17.9. The first-order valence-electron chi connectivity index (χ1n) is 20.8. The summed E-state index contributed by atoms with van der Waals surface area (Å²) in [7, 11) is 0. The summed E-state index contributed by atoms with van der Waals surface area (Å²) in [4.78, 5) is 10.3. The second-order valence-corrected chi connectivity index (χ2v) is 15.2. The maximum atomic E-state index is 11.0. The van der Waals surface area contributed by atoms with Gasteiger partial charge in [-0.15, -0.1) is 0 Å². The monoisotopic (exact) mass is 804 g/mol. The molecule has 0 aliphatic heterocycles. The first-order valence-corrected chi connectivity index (χ1v) is 20.8. The molecule has 0 fully saturated rings. The van der Waals surface area contributed by atoms with Crippen LogP contribution < -0.4 is 0 Å². The molecular weight excluding hydrogens is 765 g/mol. The predicted molar refractivity (Wildman–Crippen MR) is 259 cm³/mol. The molecule has 4 heteroatoms. The third kappa shape index (κ3) is 8.14. The van der Waals surface area contributed by atoms with Crippen molar-refractivity contribution >= 4 is 6.08 Å². The Morgan fingerprint density at radius 3 is 1.06 bits per heavy atom. The minimum absolute atomic E-state index is 0.483. The van der Waals surface area contributed by atoms with Crippen LogP contribution in [0.2, 0.25) is 0 Å². The van der Waals surface area contributed by atoms with Gasteiger partial charge in [-0.3, -0.25) is 0 Å². The van der Waals surface area contributed by atoms with Gasteiger partial charge in [0.15, 0.2) is 0 Å². The highest BCUT2D eigenvalue weighted by molar-refractivity contribution is 5.96. The van der Waals surface area contributed by atoms with Gasteiger partial charge in [0.1, 0.15) is 12.1 Å². The van der Waals surface area contributed by atoms with Crippen molar-refractivity contribution < 1.29 is 0 Å². The number of rotatable bonds is 10. The molecule has 9 rings (SSSR count). The Morgan fingerprint density at radius 1 is 0.397 bits per heavy atom. The molecule has 2 aromatic heterocycles. The third-order valence-corrected chi connectivity index (χ3v) is 11.4. The van der Waals surface area contributed by atoms with Crippen molar-refractivity contribution in [3.63, 3.8) is 0 Å². The number of pyridine rings is 2. The van der Waals surface area contributed by atoms with E-state index in [0.29, 0.717) is 27.8 Å². The highest BCUT2D eigenvalue weighted by Gasteiger charge is 2.24. The summed E-state index contributed by atoms with van der Waals surface area (Å²) in [5.74, 6) is 0. The average molecular weight is 805 g/mol. The van der Waals surface area contributed by atoms with Crippen LogP contribution in [0.3, 0.4) is 0 Å². The SMILES string of the molecule is C=C/C=C\c1c(C)c(C#N)c(-c2ccc(-c3cc(-c4ccccc4)cc(-c4ccccc4)n3)cc2)c(-c2ccc(-c3cc(-c4ccccc4)cc(-c4ccccc4)n3)cc2)c1C#N. The van der Waals surface area contributed by atoms with Crippen LogP contribution in [0.1, 0.15) is 22.3 Å². The Labute approximate surface area is 368 Å². The van der Waals surface area contributed by atoms with Crippen LogP contribution in [0.15, 0.2) is 213 Å². The Morgan fingerprint density at radius 2 is 0.714 bits per heavy atom. The number of hydrogen-bond acceptors (Lipinski definition) is 4. The van der Waals surface area contributed by atoms with Gasteiger partial charge in [-0.1, -0.05) is 195 Å². The van der Waals surface area contributed by atoms with Crippen LogP contribution in [0.5, 0.6) is 0 Å². The lowest BCUT2D eigenvalue weighted by atomic mass is 9.81. The summed E-state index contributed by atoms with van der Waals surface area (Å²) in [6.07, 6.45) is 5.35. The lowest BCUT2D eigenvalue weighted by Crippen LogP contribution is -2.02. The van der Waals surface area contributed by atoms with Gasteiger partial charge in [0.25, 0.3) is 0 Å². The molecule has 2 heterocycles. The van der Waals surface area contributed by atoms with Crippen molar-refractivity contribution in [1.82, 2.24) is 9.97 Å². The van der Waals surface area contributed by atoms with Gasteiger partial charge >= 0.3 is 0 Å². The molecule has 4 nitrogen and oxygen atoms in total. The molecule has 0 unspecified atom stereocenters. The quantitative estimate of drug-likeness (QED) is 0.129. The van der Waals surface area contributed by atoms with Gasteiger partial charge in [0, 0.05) is 33.4 Å². The van der Waals surface area contributed by atoms with Gasteiger partial charge in [-0.25, -0.2) is 9.97 Å². The maximum Gasteiger partial charge on any atom is 0.100 e. The van der Waals surface area contributed by atoms with E-state index in [1.165, 1.54) is 0 Å². The lowest BCUT2D eigenvalue weighted by molar-refractivity contribution is 1.32. The van der Waals surface area contributed by atoms with Crippen molar-refractivity contribution in [2.24, 2.45) is 0 Å². The Bertz CT molecular complexity index is 3100. The number of allylic oxidation sites excluding steroid dienone is 2. The standard InChI is InChI=1S/C59H40N4/c1-3-4-25-51-40(2)52(38-60)58(47-30-26-45(27-31-47)56-36-49(41-17-9-5-10-18-41)34-54(62-56)43-21-13-7-14-22-43)59(53(51)39-61)48-32-28-46(29-33-48)57-37-50(42-19-11-6-12-20-42)35-55(63-57)44-23-15-8-16-24-44/h3-37H,1H2,2H3/b25-4-. The number of benzene rings is 7. The molecule has 0 radical (unpaired) electrons. The van der Waals surface area contributed by atoms with E-state index in [4.69, 9.17) is 9.97 Å². The Balaban J connectivity index is 1.18. The topological polar surface area (TPSA) is 73.4 Å². The minimum Gasteiger partial charge on any atom is -0.248 e. The molecule has 296 valence electrons. The molecule has 0 N–H and O–H groups in total. The van der Waals surface area contributed by atoms with E-state index >= 15 is 0 Å². The smallest absolute Gasteiger partial charge is 0.100 e. The highest BCUT2D eigenvalue weighted by Crippen LogP contribution is 2.43. The number of nitriles is 2. The number of aromatic nitrogens is 2. The van der Waals surface area contributed by atoms with E-state index in [9.17, 15) is 10.5 Å². The van der Waals surface area contributed by atoms with Gasteiger partial charge in [0.05, 0.1) is 33.9 Å². The van der Waals surface area contributed by atoms with Gasteiger partial charge in [-0.05, 0) is 75.7 Å². The molecule has 0 spiro atoms. The normalized spacial score (nSPS) is 10.9. The fraction of sp³-hybridized carbons (Fsp3) is 0.0169. The largest absolute Gasteiger partial charge is 0.248 e. The zero-order chi connectivity index (χ0) is 43.1. The van der Waals surface area contributed by atoms with E-state index in [1.807, 2.05) is 116 Å². The molecule has 0 atom stereocenters. The lowest BCUT2D eigenvalue weighted by Gasteiger charge is -2.20. The van der Waals surface area contributed by atoms with Crippen LogP contribution in [-0.4, -0.2) is 9.97 Å². The zero-order valence-corrected chi connectivity index (χ0v) is 34.7. The highest BCUT2D eigenvalue weighted by atomic mass is 14.7. The predicted octanol–water partition coefficient (Wildman–Crippen LogP) is 15.1. The van der Waals surface area contributed by atoms with E-state index in [2.05, 4.69) is 116 Å². The van der Waals surface area contributed by atoms with E-state index in [0.717, 1.165) is 84.0 Å². The molecule has 63 heavy (non-hydrogen) atoms. The zero-order valence-electron chi connectivity index (χ0n) is 34.7. The van der Waals surface area contributed by atoms with Crippen LogP contribution >= 0.6 is 0 Å². The summed E-state index contributed by atoms with van der Waals surface area (Å²) >= 11 is 0. The molecule has 0 aliphatic carbocycles. The van der Waals surface area contributed by atoms with Crippen LogP contribution in [0.4, 0.5) is 0 Å². The van der Waals surface area contributed by atoms with Crippen molar-refractivity contribution in [3.8, 4) is 102 Å². The van der Waals surface area contributed by atoms with E-state index < -0.39 is 0 Å². The molecular formula is C59H40N4. The van der Waals surface area contributed by atoms with E-state index in [1.54, 1.807) is 6.08 Å². The molecule has 0 saturated carbocycles. The minimum atomic E-state index is 0.483. The first kappa shape index (κ1) is 39.7. The van der Waals surface area contributed by atoms with Crippen molar-refractivity contribution in [2.45, 2.75) is 6.92 Å². The third-order valence-electron chi connectivity index (χ3n) is 11.4. The van der Waals surface area contributed by atoms with Crippen molar-refractivity contribution in [2.75, 3.05) is 0 Å². The van der Waals surface area contributed by atoms with Crippen molar-refractivity contribution in [3.05, 3.63) is 235 Å². The van der Waals surface area contributed by atoms with Crippen molar-refractivity contribution in [1.29, 1.82) is 10.5 Å². The van der Waals surface area contributed by atoms with Crippen LogP contribution in [-0.2, 0) is 0 Å². The first-order chi connectivity index (χ1) is 31.0. The van der Waals surface area contributed by atoms with E-state index in [-0.39, 0.29) is 0 Å². The molecule has 0 bridgehead atoms. The summed E-state index contributed by atoms with van der Waals surface area (Å²) in [6.45, 7) is 5.78. The fourth-order valence-corrected chi connectivity index (χ4v) is 8.18. The summed E-state index contributed by atoms with van der Waals surface area (Å²) in [5.41, 5.74) is 17.1. The molecule has 9 aromatic rings. The van der Waals surface area contributed by atoms with Crippen LogP contribution in [0, 0.1) is 29.6 Å². The van der Waals surface area contributed by atoms with Gasteiger partial charge in [0.2, 0.25) is 0 Å². The Hall–Kier alpha value is -8.70. The van der Waals surface area contributed by atoms with Gasteiger partial charge in [-0.2, -0.15) is 10.5 Å². The summed E-state index contributed by atoms with van der Waals surface area (Å²) in [6, 6.07) is 71.0. The number of nitrogens with zero attached hydrogens (tertiary/aromatic N) is 4. The Kier molecular flexibility index (Phi) is 11.3. The number of hydrogen-bond donors (Lipinski definition) is 0. The summed E-state index contributed by atoms with van der Waals surface area (Å²) < 4.78 is 0. The van der Waals surface area contributed by atoms with Gasteiger partial charge < -0.3 is 0 Å². The second-order valence-electron chi connectivity index (χ2n) is 15.2. The molecule has 0 saturated heterocycles. The average Bonchev–Trinajstić information content (AvgIpc) is 3.36. The molecule has 7 aromatic carbocycles.